The van der Waals surface area contributed by atoms with E-state index in [-0.39, 0.29) is 5.56 Å². The summed E-state index contributed by atoms with van der Waals surface area (Å²) in [5, 5.41) is 15.3. The molecule has 0 bridgehead atoms. The Kier molecular flexibility index (Phi) is 8.33. The first-order chi connectivity index (χ1) is 28.6. The average molecular weight is 772 g/mol. The Morgan fingerprint density at radius 1 is 0.441 bits per heavy atom. The number of hydrogen-bond acceptors (Lipinski definition) is 1. The standard InChI is InChI=1S/C53H36F3N3/c1-32-13-4-6-16-38(32)35-23-25-48-42(27-35)40-18-8-10-21-46(40)58(48)50-29-37(52-34(3)15-12-20-45(52)53(54,55)56)30-51(44(50)31-57)59-47-22-11-9-19-41(47)43-28-36(24-26-49(43)59)39-17-7-5-14-33(39)2/h4-30H,1-3H3. The summed E-state index contributed by atoms with van der Waals surface area (Å²) in [6.45, 7) is 5.89. The number of aromatic nitrogens is 2. The minimum Gasteiger partial charge on any atom is -0.308 e. The van der Waals surface area contributed by atoms with Crippen molar-refractivity contribution in [1.29, 1.82) is 5.26 Å². The number of fused-ring (bicyclic) bond motifs is 6. The Labute approximate surface area is 339 Å². The molecule has 0 aliphatic heterocycles. The Hall–Kier alpha value is -7.36. The highest BCUT2D eigenvalue weighted by Crippen LogP contribution is 2.45. The van der Waals surface area contributed by atoms with Crippen molar-refractivity contribution in [3.63, 3.8) is 0 Å². The van der Waals surface area contributed by atoms with E-state index < -0.39 is 11.7 Å². The maximum Gasteiger partial charge on any atom is 0.417 e. The molecule has 10 aromatic rings. The van der Waals surface area contributed by atoms with Gasteiger partial charge in [0.15, 0.2) is 0 Å². The molecule has 59 heavy (non-hydrogen) atoms. The first-order valence-electron chi connectivity index (χ1n) is 19.6. The predicted molar refractivity (Wildman–Crippen MR) is 235 cm³/mol. The predicted octanol–water partition coefficient (Wildman–Crippen LogP) is 14.7. The first-order valence-corrected chi connectivity index (χ1v) is 19.6. The lowest BCUT2D eigenvalue weighted by molar-refractivity contribution is -0.137. The van der Waals surface area contributed by atoms with Gasteiger partial charge in [0.05, 0.1) is 39.0 Å². The van der Waals surface area contributed by atoms with Gasteiger partial charge in [0, 0.05) is 21.5 Å². The van der Waals surface area contributed by atoms with E-state index >= 15 is 0 Å². The van der Waals surface area contributed by atoms with E-state index in [2.05, 4.69) is 92.7 Å². The van der Waals surface area contributed by atoms with Crippen LogP contribution in [0.5, 0.6) is 0 Å². The van der Waals surface area contributed by atoms with Crippen LogP contribution in [0.2, 0.25) is 0 Å². The number of nitrogens with zero attached hydrogens (tertiary/aromatic N) is 3. The van der Waals surface area contributed by atoms with E-state index in [0.717, 1.165) is 83.1 Å². The average Bonchev–Trinajstić information content (AvgIpc) is 3.75. The molecule has 3 nitrogen and oxygen atoms in total. The van der Waals surface area contributed by atoms with Crippen molar-refractivity contribution in [2.45, 2.75) is 26.9 Å². The number of benzene rings is 8. The monoisotopic (exact) mass is 771 g/mol. The van der Waals surface area contributed by atoms with Crippen LogP contribution < -0.4 is 0 Å². The maximum atomic E-state index is 15.0. The summed E-state index contributed by atoms with van der Waals surface area (Å²) in [5.41, 5.74) is 11.5. The Bertz CT molecular complexity index is 3190. The second kappa shape index (κ2) is 13.6. The lowest BCUT2D eigenvalue weighted by atomic mass is 9.92. The van der Waals surface area contributed by atoms with E-state index in [1.807, 2.05) is 69.8 Å². The quantitative estimate of drug-likeness (QED) is 0.172. The van der Waals surface area contributed by atoms with Crippen LogP contribution in [0.4, 0.5) is 13.2 Å². The van der Waals surface area contributed by atoms with Crippen LogP contribution in [0.3, 0.4) is 0 Å². The summed E-state index contributed by atoms with van der Waals surface area (Å²) in [5.74, 6) is 0. The number of aryl methyl sites for hydroxylation is 3. The molecule has 0 saturated carbocycles. The van der Waals surface area contributed by atoms with E-state index in [9.17, 15) is 18.4 Å². The minimum atomic E-state index is -4.62. The zero-order chi connectivity index (χ0) is 40.6. The molecular weight excluding hydrogens is 736 g/mol. The Morgan fingerprint density at radius 2 is 0.881 bits per heavy atom. The summed E-state index contributed by atoms with van der Waals surface area (Å²) in [4.78, 5) is 0. The second-order valence-electron chi connectivity index (χ2n) is 15.3. The fraction of sp³-hybridized carbons (Fsp3) is 0.0755. The molecule has 284 valence electrons. The lowest BCUT2D eigenvalue weighted by Crippen LogP contribution is -2.10. The maximum absolute atomic E-state index is 15.0. The van der Waals surface area contributed by atoms with Crippen LogP contribution >= 0.6 is 0 Å². The third-order valence-corrected chi connectivity index (χ3v) is 11.8. The SMILES string of the molecule is Cc1ccccc1-c1ccc2c(c1)c1ccccc1n2-c1cc(-c2c(C)cccc2C(F)(F)F)cc(-n2c3ccccc3c3cc(-c4ccccc4C)ccc32)c1C#N. The topological polar surface area (TPSA) is 33.6 Å². The highest BCUT2D eigenvalue weighted by molar-refractivity contribution is 6.12. The van der Waals surface area contributed by atoms with Crippen molar-refractivity contribution in [1.82, 2.24) is 9.13 Å². The summed E-state index contributed by atoms with van der Waals surface area (Å²) in [6, 6.07) is 55.6. The molecule has 0 N–H and O–H groups in total. The lowest BCUT2D eigenvalue weighted by Gasteiger charge is -2.21. The first kappa shape index (κ1) is 36.0. The van der Waals surface area contributed by atoms with Crippen molar-refractivity contribution in [2.24, 2.45) is 0 Å². The highest BCUT2D eigenvalue weighted by Gasteiger charge is 2.35. The number of para-hydroxylation sites is 2. The fourth-order valence-electron chi connectivity index (χ4n) is 9.10. The van der Waals surface area contributed by atoms with Crippen molar-refractivity contribution in [2.75, 3.05) is 0 Å². The number of rotatable bonds is 5. The van der Waals surface area contributed by atoms with Gasteiger partial charge in [0.2, 0.25) is 0 Å². The molecule has 0 unspecified atom stereocenters. The van der Waals surface area contributed by atoms with Crippen LogP contribution in [-0.4, -0.2) is 9.13 Å². The number of hydrogen-bond donors (Lipinski definition) is 0. The zero-order valence-corrected chi connectivity index (χ0v) is 32.6. The molecule has 8 aromatic carbocycles. The van der Waals surface area contributed by atoms with Gasteiger partial charge in [-0.1, -0.05) is 109 Å². The summed E-state index contributed by atoms with van der Waals surface area (Å²) >= 11 is 0. The van der Waals surface area contributed by atoms with Crippen LogP contribution in [0.15, 0.2) is 164 Å². The number of nitriles is 1. The van der Waals surface area contributed by atoms with Crippen molar-refractivity contribution >= 4 is 43.6 Å². The molecule has 0 aliphatic rings. The largest absolute Gasteiger partial charge is 0.417 e. The highest BCUT2D eigenvalue weighted by atomic mass is 19.4. The molecular formula is C53H36F3N3. The van der Waals surface area contributed by atoms with E-state index in [1.165, 1.54) is 6.07 Å². The summed E-state index contributed by atoms with van der Waals surface area (Å²) in [6.07, 6.45) is -4.62. The molecule has 0 saturated heterocycles. The van der Waals surface area contributed by atoms with Crippen LogP contribution in [0.1, 0.15) is 27.8 Å². The molecule has 0 radical (unpaired) electrons. The van der Waals surface area contributed by atoms with Gasteiger partial charge in [0.25, 0.3) is 0 Å². The van der Waals surface area contributed by atoms with Gasteiger partial charge in [-0.2, -0.15) is 18.4 Å². The molecule has 6 heteroatoms. The number of alkyl halides is 3. The van der Waals surface area contributed by atoms with Gasteiger partial charge in [0.1, 0.15) is 11.6 Å². The van der Waals surface area contributed by atoms with Crippen LogP contribution in [-0.2, 0) is 6.18 Å². The third-order valence-electron chi connectivity index (χ3n) is 11.8. The molecule has 0 atom stereocenters. The molecule has 0 fully saturated rings. The van der Waals surface area contributed by atoms with Crippen LogP contribution in [0, 0.1) is 32.1 Å². The number of halogens is 3. The Morgan fingerprint density at radius 3 is 1.36 bits per heavy atom. The van der Waals surface area contributed by atoms with E-state index in [4.69, 9.17) is 0 Å². The van der Waals surface area contributed by atoms with Crippen molar-refractivity contribution in [3.05, 3.63) is 192 Å². The molecule has 0 aliphatic carbocycles. The van der Waals surface area contributed by atoms with E-state index in [1.54, 1.807) is 25.1 Å². The van der Waals surface area contributed by atoms with Gasteiger partial charge in [-0.15, -0.1) is 0 Å². The van der Waals surface area contributed by atoms with Gasteiger partial charge in [-0.25, -0.2) is 0 Å². The third kappa shape index (κ3) is 5.73. The van der Waals surface area contributed by atoms with Gasteiger partial charge >= 0.3 is 6.18 Å². The van der Waals surface area contributed by atoms with Crippen molar-refractivity contribution in [3.8, 4) is 50.8 Å². The summed E-state index contributed by atoms with van der Waals surface area (Å²) < 4.78 is 49.1. The minimum absolute atomic E-state index is 0.0807. The molecule has 2 aromatic heterocycles. The van der Waals surface area contributed by atoms with E-state index in [0.29, 0.717) is 28.1 Å². The summed E-state index contributed by atoms with van der Waals surface area (Å²) in [7, 11) is 0. The smallest absolute Gasteiger partial charge is 0.308 e. The zero-order valence-electron chi connectivity index (χ0n) is 32.6. The van der Waals surface area contributed by atoms with Crippen molar-refractivity contribution < 1.29 is 13.2 Å². The fourth-order valence-corrected chi connectivity index (χ4v) is 9.10. The van der Waals surface area contributed by atoms with Gasteiger partial charge in [-0.05, 0) is 125 Å². The molecule has 10 rings (SSSR count). The van der Waals surface area contributed by atoms with Gasteiger partial charge in [-0.3, -0.25) is 0 Å². The molecule has 0 spiro atoms. The van der Waals surface area contributed by atoms with Crippen LogP contribution in [0.25, 0.3) is 88.4 Å². The Balaban J connectivity index is 1.34. The molecule has 0 amide bonds. The van der Waals surface area contributed by atoms with Gasteiger partial charge < -0.3 is 9.13 Å². The second-order valence-corrected chi connectivity index (χ2v) is 15.3. The molecule has 2 heterocycles. The normalized spacial score (nSPS) is 11.9.